The average Bonchev–Trinajstić information content (AvgIpc) is 2.49. The summed E-state index contributed by atoms with van der Waals surface area (Å²) in [6.45, 7) is 0. The zero-order valence-corrected chi connectivity index (χ0v) is 10.0. The van der Waals surface area contributed by atoms with E-state index in [1.54, 1.807) is 5.57 Å². The minimum atomic E-state index is 0.0604. The van der Waals surface area contributed by atoms with Crippen molar-refractivity contribution in [3.63, 3.8) is 0 Å². The third-order valence-electron chi connectivity index (χ3n) is 3.62. The van der Waals surface area contributed by atoms with Crippen molar-refractivity contribution in [2.75, 3.05) is 0 Å². The molecule has 2 aliphatic rings. The molecule has 1 aromatic carbocycles. The van der Waals surface area contributed by atoms with Crippen molar-refractivity contribution in [1.82, 2.24) is 0 Å². The largest absolute Gasteiger partial charge is 0.113 e. The standard InChI is InChI=1S/C15H15Cl/c16-15-13-7-3-1-5-11(13)9-10-12-6-2-4-8-14(12)15/h1,3-5,7-8,15H,2,6,9-10H2. The van der Waals surface area contributed by atoms with E-state index in [1.165, 1.54) is 36.0 Å². The first-order valence-electron chi connectivity index (χ1n) is 5.96. The molecule has 0 saturated heterocycles. The lowest BCUT2D eigenvalue weighted by Crippen LogP contribution is -1.99. The number of aryl methyl sites for hydroxylation is 1. The topological polar surface area (TPSA) is 0 Å². The Morgan fingerprint density at radius 1 is 1.06 bits per heavy atom. The molecule has 0 fully saturated rings. The minimum absolute atomic E-state index is 0.0604. The van der Waals surface area contributed by atoms with Crippen LogP contribution in [-0.4, -0.2) is 0 Å². The highest BCUT2D eigenvalue weighted by molar-refractivity contribution is 6.23. The van der Waals surface area contributed by atoms with Crippen LogP contribution in [0.4, 0.5) is 0 Å². The van der Waals surface area contributed by atoms with Gasteiger partial charge in [-0.1, -0.05) is 42.0 Å². The summed E-state index contributed by atoms with van der Waals surface area (Å²) < 4.78 is 0. The van der Waals surface area contributed by atoms with E-state index in [0.29, 0.717) is 0 Å². The first kappa shape index (κ1) is 10.2. The van der Waals surface area contributed by atoms with Crippen LogP contribution >= 0.6 is 11.6 Å². The number of alkyl halides is 1. The van der Waals surface area contributed by atoms with Gasteiger partial charge in [0, 0.05) is 0 Å². The van der Waals surface area contributed by atoms with Gasteiger partial charge in [-0.25, -0.2) is 0 Å². The van der Waals surface area contributed by atoms with Crippen LogP contribution in [0.5, 0.6) is 0 Å². The Bertz CT molecular complexity index is 468. The molecule has 0 spiro atoms. The number of allylic oxidation sites excluding steroid dienone is 4. The van der Waals surface area contributed by atoms with Gasteiger partial charge < -0.3 is 0 Å². The van der Waals surface area contributed by atoms with Crippen LogP contribution in [0.15, 0.2) is 47.6 Å². The quantitative estimate of drug-likeness (QED) is 0.574. The van der Waals surface area contributed by atoms with E-state index >= 15 is 0 Å². The molecular weight excluding hydrogens is 216 g/mol. The summed E-state index contributed by atoms with van der Waals surface area (Å²) >= 11 is 6.62. The fourth-order valence-electron chi connectivity index (χ4n) is 2.73. The van der Waals surface area contributed by atoms with Gasteiger partial charge in [-0.3, -0.25) is 0 Å². The highest BCUT2D eigenvalue weighted by atomic mass is 35.5. The molecule has 0 bridgehead atoms. The summed E-state index contributed by atoms with van der Waals surface area (Å²) in [5.74, 6) is 0. The van der Waals surface area contributed by atoms with Gasteiger partial charge in [-0.05, 0) is 42.4 Å². The van der Waals surface area contributed by atoms with Crippen molar-refractivity contribution in [2.45, 2.75) is 31.1 Å². The van der Waals surface area contributed by atoms with E-state index < -0.39 is 0 Å². The fourth-order valence-corrected chi connectivity index (χ4v) is 3.17. The molecule has 0 saturated carbocycles. The van der Waals surface area contributed by atoms with Gasteiger partial charge in [0.1, 0.15) is 0 Å². The van der Waals surface area contributed by atoms with E-state index in [2.05, 4.69) is 36.4 Å². The van der Waals surface area contributed by atoms with Crippen molar-refractivity contribution in [1.29, 1.82) is 0 Å². The van der Waals surface area contributed by atoms with Crippen molar-refractivity contribution >= 4 is 11.6 Å². The number of hydrogen-bond acceptors (Lipinski definition) is 0. The summed E-state index contributed by atoms with van der Waals surface area (Å²) in [7, 11) is 0. The Hall–Kier alpha value is -1.01. The van der Waals surface area contributed by atoms with Gasteiger partial charge >= 0.3 is 0 Å². The molecule has 0 heterocycles. The maximum absolute atomic E-state index is 6.62. The highest BCUT2D eigenvalue weighted by Crippen LogP contribution is 2.40. The molecule has 0 nitrogen and oxygen atoms in total. The Kier molecular flexibility index (Phi) is 2.61. The fraction of sp³-hybridized carbons (Fsp3) is 0.333. The number of benzene rings is 1. The zero-order valence-electron chi connectivity index (χ0n) is 9.25. The number of hydrogen-bond donors (Lipinski definition) is 0. The second-order valence-electron chi connectivity index (χ2n) is 4.56. The molecule has 0 N–H and O–H groups in total. The van der Waals surface area contributed by atoms with Crippen LogP contribution in [-0.2, 0) is 6.42 Å². The Balaban J connectivity index is 2.09. The van der Waals surface area contributed by atoms with Gasteiger partial charge in [0.2, 0.25) is 0 Å². The maximum Gasteiger partial charge on any atom is 0.0837 e. The molecule has 0 amide bonds. The number of halogens is 1. The number of rotatable bonds is 0. The summed E-state index contributed by atoms with van der Waals surface area (Å²) in [5, 5.41) is 0.0604. The molecule has 0 radical (unpaired) electrons. The first-order valence-corrected chi connectivity index (χ1v) is 6.40. The van der Waals surface area contributed by atoms with Crippen molar-refractivity contribution in [2.24, 2.45) is 0 Å². The van der Waals surface area contributed by atoms with E-state index in [9.17, 15) is 0 Å². The van der Waals surface area contributed by atoms with Crippen LogP contribution in [0.1, 0.15) is 35.8 Å². The molecule has 1 unspecified atom stereocenters. The lowest BCUT2D eigenvalue weighted by molar-refractivity contribution is 0.832. The maximum atomic E-state index is 6.62. The second kappa shape index (κ2) is 4.10. The molecule has 0 aliphatic heterocycles. The SMILES string of the molecule is ClC1C2=C(CCC=C2)CCc2ccccc21. The first-order chi connectivity index (χ1) is 7.86. The third kappa shape index (κ3) is 1.62. The van der Waals surface area contributed by atoms with E-state index in [1.807, 2.05) is 0 Å². The molecule has 3 rings (SSSR count). The Morgan fingerprint density at radius 2 is 1.94 bits per heavy atom. The molecule has 0 aromatic heterocycles. The van der Waals surface area contributed by atoms with Gasteiger partial charge in [0.25, 0.3) is 0 Å². The average molecular weight is 231 g/mol. The normalized spacial score (nSPS) is 23.7. The van der Waals surface area contributed by atoms with Gasteiger partial charge in [-0.15, -0.1) is 11.6 Å². The van der Waals surface area contributed by atoms with Crippen molar-refractivity contribution < 1.29 is 0 Å². The van der Waals surface area contributed by atoms with Gasteiger partial charge in [-0.2, -0.15) is 0 Å². The summed E-state index contributed by atoms with van der Waals surface area (Å²) in [4.78, 5) is 0. The third-order valence-corrected chi connectivity index (χ3v) is 4.09. The predicted octanol–water partition coefficient (Wildman–Crippen LogP) is 4.56. The van der Waals surface area contributed by atoms with E-state index in [-0.39, 0.29) is 5.38 Å². The molecule has 1 heteroatoms. The molecular formula is C15H15Cl. The molecule has 1 atom stereocenters. The van der Waals surface area contributed by atoms with Crippen LogP contribution < -0.4 is 0 Å². The summed E-state index contributed by atoms with van der Waals surface area (Å²) in [6.07, 6.45) is 9.19. The summed E-state index contributed by atoms with van der Waals surface area (Å²) in [5.41, 5.74) is 5.66. The highest BCUT2D eigenvalue weighted by Gasteiger charge is 2.23. The van der Waals surface area contributed by atoms with Crippen LogP contribution in [0, 0.1) is 0 Å². The van der Waals surface area contributed by atoms with E-state index in [4.69, 9.17) is 11.6 Å². The predicted molar refractivity (Wildman–Crippen MR) is 68.8 cm³/mol. The lowest BCUT2D eigenvalue weighted by Gasteiger charge is -2.17. The second-order valence-corrected chi connectivity index (χ2v) is 5.00. The Labute approximate surface area is 102 Å². The smallest absolute Gasteiger partial charge is 0.0837 e. The van der Waals surface area contributed by atoms with Gasteiger partial charge in [0.05, 0.1) is 5.38 Å². The molecule has 2 aliphatic carbocycles. The van der Waals surface area contributed by atoms with Crippen molar-refractivity contribution in [3.05, 3.63) is 58.7 Å². The minimum Gasteiger partial charge on any atom is -0.113 e. The Morgan fingerprint density at radius 3 is 2.88 bits per heavy atom. The van der Waals surface area contributed by atoms with Crippen LogP contribution in [0.2, 0.25) is 0 Å². The van der Waals surface area contributed by atoms with Gasteiger partial charge in [0.15, 0.2) is 0 Å². The molecule has 82 valence electrons. The monoisotopic (exact) mass is 230 g/mol. The van der Waals surface area contributed by atoms with E-state index in [0.717, 1.165) is 6.42 Å². The van der Waals surface area contributed by atoms with Crippen LogP contribution in [0.3, 0.4) is 0 Å². The number of fused-ring (bicyclic) bond motifs is 1. The molecule has 16 heavy (non-hydrogen) atoms. The van der Waals surface area contributed by atoms with Crippen LogP contribution in [0.25, 0.3) is 0 Å². The summed E-state index contributed by atoms with van der Waals surface area (Å²) in [6, 6.07) is 8.59. The lowest BCUT2D eigenvalue weighted by atomic mass is 9.93. The van der Waals surface area contributed by atoms with Crippen molar-refractivity contribution in [3.8, 4) is 0 Å². The zero-order chi connectivity index (χ0) is 11.0. The molecule has 1 aromatic rings.